The molecule has 0 unspecified atom stereocenters. The standard InChI is InChI=1S/C20H20N4O4S/c1-28-16-10-6-5-9-15(16)18(26)21-17(25)13-29-20-23-22-19(27)24(20)12-11-14-7-3-2-4-8-14/h2-10H,11-13H2,1H3,(H,22,27)(H,21,25,26). The highest BCUT2D eigenvalue weighted by molar-refractivity contribution is 7.99. The number of hydrogen-bond acceptors (Lipinski definition) is 6. The number of thioether (sulfide) groups is 1. The molecule has 0 spiro atoms. The number of ether oxygens (including phenoxy) is 1. The van der Waals surface area contributed by atoms with Crippen LogP contribution in [0.3, 0.4) is 0 Å². The Morgan fingerprint density at radius 3 is 2.62 bits per heavy atom. The van der Waals surface area contributed by atoms with E-state index in [1.165, 1.54) is 11.7 Å². The van der Waals surface area contributed by atoms with Crippen LogP contribution in [0.5, 0.6) is 5.75 Å². The second-order valence-corrected chi connectivity index (χ2v) is 7.01. The summed E-state index contributed by atoms with van der Waals surface area (Å²) in [4.78, 5) is 36.5. The van der Waals surface area contributed by atoms with Gasteiger partial charge in [0.2, 0.25) is 5.91 Å². The van der Waals surface area contributed by atoms with Gasteiger partial charge in [0.05, 0.1) is 18.4 Å². The summed E-state index contributed by atoms with van der Waals surface area (Å²) in [7, 11) is 1.45. The number of para-hydroxylation sites is 1. The van der Waals surface area contributed by atoms with E-state index in [-0.39, 0.29) is 17.0 Å². The van der Waals surface area contributed by atoms with Crippen molar-refractivity contribution in [3.63, 3.8) is 0 Å². The maximum Gasteiger partial charge on any atom is 0.343 e. The number of aromatic amines is 1. The van der Waals surface area contributed by atoms with Crippen molar-refractivity contribution < 1.29 is 14.3 Å². The van der Waals surface area contributed by atoms with Crippen LogP contribution in [0.25, 0.3) is 0 Å². The summed E-state index contributed by atoms with van der Waals surface area (Å²) in [5, 5.41) is 9.08. The van der Waals surface area contributed by atoms with Crippen LogP contribution >= 0.6 is 11.8 Å². The maximum absolute atomic E-state index is 12.3. The van der Waals surface area contributed by atoms with E-state index in [0.29, 0.717) is 23.9 Å². The second kappa shape index (κ2) is 9.74. The molecule has 8 nitrogen and oxygen atoms in total. The number of imide groups is 1. The first-order valence-corrected chi connectivity index (χ1v) is 9.86. The smallest absolute Gasteiger partial charge is 0.343 e. The van der Waals surface area contributed by atoms with Crippen molar-refractivity contribution in [1.29, 1.82) is 0 Å². The van der Waals surface area contributed by atoms with Crippen LogP contribution in [0.15, 0.2) is 64.5 Å². The first-order valence-electron chi connectivity index (χ1n) is 8.87. The number of H-pyrrole nitrogens is 1. The summed E-state index contributed by atoms with van der Waals surface area (Å²) in [6.45, 7) is 0.434. The Balaban J connectivity index is 1.58. The van der Waals surface area contributed by atoms with Gasteiger partial charge in [0.25, 0.3) is 5.91 Å². The average Bonchev–Trinajstić information content (AvgIpc) is 3.10. The number of rotatable bonds is 8. The molecule has 0 atom stereocenters. The van der Waals surface area contributed by atoms with E-state index in [9.17, 15) is 14.4 Å². The van der Waals surface area contributed by atoms with Crippen molar-refractivity contribution in [2.75, 3.05) is 12.9 Å². The number of carbonyl (C=O) groups is 2. The zero-order valence-corrected chi connectivity index (χ0v) is 16.6. The van der Waals surface area contributed by atoms with Crippen LogP contribution in [0.4, 0.5) is 0 Å². The van der Waals surface area contributed by atoms with Crippen LogP contribution in [0, 0.1) is 0 Å². The van der Waals surface area contributed by atoms with Crippen molar-refractivity contribution in [3.05, 3.63) is 76.2 Å². The molecule has 29 heavy (non-hydrogen) atoms. The molecule has 2 amide bonds. The van der Waals surface area contributed by atoms with Crippen LogP contribution < -0.4 is 15.7 Å². The molecule has 1 heterocycles. The lowest BCUT2D eigenvalue weighted by Gasteiger charge is -2.08. The van der Waals surface area contributed by atoms with Gasteiger partial charge in [-0.15, -0.1) is 5.10 Å². The van der Waals surface area contributed by atoms with Crippen molar-refractivity contribution >= 4 is 23.6 Å². The van der Waals surface area contributed by atoms with E-state index in [0.717, 1.165) is 17.3 Å². The lowest BCUT2D eigenvalue weighted by molar-refractivity contribution is -0.117. The minimum atomic E-state index is -0.545. The molecular weight excluding hydrogens is 392 g/mol. The zero-order chi connectivity index (χ0) is 20.6. The van der Waals surface area contributed by atoms with Gasteiger partial charge in [-0.2, -0.15) is 0 Å². The van der Waals surface area contributed by atoms with Crippen LogP contribution in [-0.2, 0) is 17.8 Å². The van der Waals surface area contributed by atoms with E-state index < -0.39 is 11.8 Å². The molecule has 150 valence electrons. The molecule has 0 radical (unpaired) electrons. The Labute approximate surface area is 171 Å². The van der Waals surface area contributed by atoms with Crippen molar-refractivity contribution in [3.8, 4) is 5.75 Å². The zero-order valence-electron chi connectivity index (χ0n) is 15.8. The van der Waals surface area contributed by atoms with Crippen molar-refractivity contribution in [1.82, 2.24) is 20.1 Å². The Bertz CT molecular complexity index is 1050. The molecule has 9 heteroatoms. The third-order valence-electron chi connectivity index (χ3n) is 4.13. The van der Waals surface area contributed by atoms with Crippen molar-refractivity contribution in [2.45, 2.75) is 18.1 Å². The molecule has 2 N–H and O–H groups in total. The summed E-state index contributed by atoms with van der Waals surface area (Å²) < 4.78 is 6.61. The fourth-order valence-electron chi connectivity index (χ4n) is 2.69. The van der Waals surface area contributed by atoms with E-state index in [1.54, 1.807) is 24.3 Å². The monoisotopic (exact) mass is 412 g/mol. The van der Waals surface area contributed by atoms with Gasteiger partial charge in [-0.05, 0) is 24.1 Å². The van der Waals surface area contributed by atoms with Crippen LogP contribution in [-0.4, -0.2) is 39.4 Å². The number of methoxy groups -OCH3 is 1. The number of carbonyl (C=O) groups excluding carboxylic acids is 2. The number of aromatic nitrogens is 3. The summed E-state index contributed by atoms with van der Waals surface area (Å²) in [6, 6.07) is 16.4. The first-order chi connectivity index (χ1) is 14.1. The maximum atomic E-state index is 12.3. The minimum Gasteiger partial charge on any atom is -0.496 e. The van der Waals surface area contributed by atoms with Gasteiger partial charge in [-0.25, -0.2) is 9.89 Å². The van der Waals surface area contributed by atoms with Crippen molar-refractivity contribution in [2.24, 2.45) is 0 Å². The molecule has 0 aliphatic rings. The normalized spacial score (nSPS) is 10.5. The number of nitrogens with one attached hydrogen (secondary N) is 2. The van der Waals surface area contributed by atoms with Gasteiger partial charge in [0, 0.05) is 6.54 Å². The fourth-order valence-corrected chi connectivity index (χ4v) is 3.46. The molecule has 0 aliphatic carbocycles. The molecule has 2 aromatic carbocycles. The number of aryl methyl sites for hydroxylation is 1. The van der Waals surface area contributed by atoms with E-state index in [2.05, 4.69) is 15.5 Å². The van der Waals surface area contributed by atoms with Gasteiger partial charge in [0.15, 0.2) is 5.16 Å². The van der Waals surface area contributed by atoms with E-state index in [1.807, 2.05) is 30.3 Å². The number of nitrogens with zero attached hydrogens (tertiary/aromatic N) is 2. The molecule has 0 fully saturated rings. The third-order valence-corrected chi connectivity index (χ3v) is 5.10. The highest BCUT2D eigenvalue weighted by Crippen LogP contribution is 2.17. The lowest BCUT2D eigenvalue weighted by atomic mass is 10.1. The number of hydrogen-bond donors (Lipinski definition) is 2. The summed E-state index contributed by atoms with van der Waals surface area (Å²) in [5.74, 6) is -0.712. The lowest BCUT2D eigenvalue weighted by Crippen LogP contribution is -2.32. The van der Waals surface area contributed by atoms with Gasteiger partial charge < -0.3 is 4.74 Å². The third kappa shape index (κ3) is 5.35. The van der Waals surface area contributed by atoms with Gasteiger partial charge in [0.1, 0.15) is 5.75 Å². The number of benzene rings is 2. The average molecular weight is 412 g/mol. The molecule has 0 aliphatic heterocycles. The molecule has 3 aromatic rings. The first kappa shape index (κ1) is 20.4. The van der Waals surface area contributed by atoms with Gasteiger partial charge in [-0.1, -0.05) is 54.2 Å². The molecule has 0 bridgehead atoms. The van der Waals surface area contributed by atoms with E-state index in [4.69, 9.17) is 4.74 Å². The highest BCUT2D eigenvalue weighted by Gasteiger charge is 2.16. The Kier molecular flexibility index (Phi) is 6.85. The molecule has 0 saturated heterocycles. The number of amides is 2. The second-order valence-electron chi connectivity index (χ2n) is 6.06. The molecule has 1 aromatic heterocycles. The van der Waals surface area contributed by atoms with Crippen LogP contribution in [0.2, 0.25) is 0 Å². The Morgan fingerprint density at radius 2 is 1.86 bits per heavy atom. The molecular formula is C20H20N4O4S. The highest BCUT2D eigenvalue weighted by atomic mass is 32.2. The molecule has 0 saturated carbocycles. The van der Waals surface area contributed by atoms with E-state index >= 15 is 0 Å². The van der Waals surface area contributed by atoms with Crippen LogP contribution in [0.1, 0.15) is 15.9 Å². The molecule has 3 rings (SSSR count). The summed E-state index contributed by atoms with van der Waals surface area (Å²) in [5.41, 5.74) is 1.03. The quantitative estimate of drug-likeness (QED) is 0.547. The summed E-state index contributed by atoms with van der Waals surface area (Å²) >= 11 is 1.08. The minimum absolute atomic E-state index is 0.0590. The topological polar surface area (TPSA) is 106 Å². The predicted octanol–water partition coefficient (Wildman–Crippen LogP) is 1.87. The summed E-state index contributed by atoms with van der Waals surface area (Å²) in [6.07, 6.45) is 0.659. The fraction of sp³-hybridized carbons (Fsp3) is 0.200. The van der Waals surface area contributed by atoms with Gasteiger partial charge >= 0.3 is 5.69 Å². The Hall–Kier alpha value is -3.33. The van der Waals surface area contributed by atoms with Gasteiger partial charge in [-0.3, -0.25) is 19.5 Å². The Morgan fingerprint density at radius 1 is 1.14 bits per heavy atom. The predicted molar refractivity (Wildman–Crippen MR) is 109 cm³/mol. The largest absolute Gasteiger partial charge is 0.496 e. The SMILES string of the molecule is COc1ccccc1C(=O)NC(=O)CSc1n[nH]c(=O)n1CCc1ccccc1.